The number of nitrogens with one attached hydrogen (secondary N) is 1. The summed E-state index contributed by atoms with van der Waals surface area (Å²) in [6.07, 6.45) is 2.78. The summed E-state index contributed by atoms with van der Waals surface area (Å²) in [7, 11) is 0. The van der Waals surface area contributed by atoms with E-state index in [1.807, 2.05) is 18.2 Å². The summed E-state index contributed by atoms with van der Waals surface area (Å²) in [6.45, 7) is 0. The molecule has 0 amide bonds. The summed E-state index contributed by atoms with van der Waals surface area (Å²) in [5, 5.41) is 4.85. The SMILES string of the molecule is NC1(c2noc(-c3cc(=O)[nH]c4ccc(Br)cc34)n2)CCC1. The van der Waals surface area contributed by atoms with Gasteiger partial charge in [-0.15, -0.1) is 0 Å². The van der Waals surface area contributed by atoms with E-state index in [0.717, 1.165) is 34.6 Å². The Balaban J connectivity index is 1.90. The molecule has 1 aliphatic carbocycles. The third-order valence-electron chi connectivity index (χ3n) is 4.15. The fourth-order valence-electron chi connectivity index (χ4n) is 2.72. The van der Waals surface area contributed by atoms with E-state index in [2.05, 4.69) is 31.1 Å². The second-order valence-corrected chi connectivity index (χ2v) is 6.59. The van der Waals surface area contributed by atoms with Gasteiger partial charge in [0.1, 0.15) is 0 Å². The van der Waals surface area contributed by atoms with Gasteiger partial charge in [0.15, 0.2) is 5.82 Å². The molecule has 7 heteroatoms. The molecule has 3 aromatic rings. The van der Waals surface area contributed by atoms with Gasteiger partial charge in [-0.05, 0) is 37.5 Å². The minimum absolute atomic E-state index is 0.212. The molecule has 1 aromatic carbocycles. The van der Waals surface area contributed by atoms with Gasteiger partial charge in [0.25, 0.3) is 5.89 Å². The van der Waals surface area contributed by atoms with Crippen LogP contribution in [0.3, 0.4) is 0 Å². The van der Waals surface area contributed by atoms with E-state index in [1.165, 1.54) is 6.07 Å². The summed E-state index contributed by atoms with van der Waals surface area (Å²) >= 11 is 3.44. The predicted molar refractivity (Wildman–Crippen MR) is 85.3 cm³/mol. The van der Waals surface area contributed by atoms with Gasteiger partial charge in [0.2, 0.25) is 5.56 Å². The molecule has 2 heterocycles. The molecule has 6 nitrogen and oxygen atoms in total. The van der Waals surface area contributed by atoms with Crippen molar-refractivity contribution in [2.24, 2.45) is 5.73 Å². The van der Waals surface area contributed by atoms with Gasteiger partial charge >= 0.3 is 0 Å². The molecular formula is C15H13BrN4O2. The third kappa shape index (κ3) is 2.08. The molecule has 4 rings (SSSR count). The molecule has 0 unspecified atom stereocenters. The highest BCUT2D eigenvalue weighted by molar-refractivity contribution is 9.10. The number of H-pyrrole nitrogens is 1. The molecular weight excluding hydrogens is 348 g/mol. The highest BCUT2D eigenvalue weighted by atomic mass is 79.9. The van der Waals surface area contributed by atoms with E-state index in [4.69, 9.17) is 10.3 Å². The van der Waals surface area contributed by atoms with Gasteiger partial charge in [-0.3, -0.25) is 4.79 Å². The molecule has 0 saturated heterocycles. The van der Waals surface area contributed by atoms with Crippen molar-refractivity contribution < 1.29 is 4.52 Å². The number of rotatable bonds is 2. The van der Waals surface area contributed by atoms with Crippen molar-refractivity contribution in [1.29, 1.82) is 0 Å². The number of aromatic amines is 1. The lowest BCUT2D eigenvalue weighted by Crippen LogP contribution is -2.44. The van der Waals surface area contributed by atoms with Crippen LogP contribution in [0.2, 0.25) is 0 Å². The van der Waals surface area contributed by atoms with Gasteiger partial charge in [-0.1, -0.05) is 21.1 Å². The average Bonchev–Trinajstić information content (AvgIpc) is 2.94. The average molecular weight is 361 g/mol. The van der Waals surface area contributed by atoms with Crippen LogP contribution in [-0.2, 0) is 5.54 Å². The first kappa shape index (κ1) is 13.7. The lowest BCUT2D eigenvalue weighted by atomic mass is 9.77. The molecule has 112 valence electrons. The van der Waals surface area contributed by atoms with Crippen LogP contribution < -0.4 is 11.3 Å². The molecule has 1 saturated carbocycles. The molecule has 3 N–H and O–H groups in total. The zero-order valence-electron chi connectivity index (χ0n) is 11.6. The summed E-state index contributed by atoms with van der Waals surface area (Å²) in [5.74, 6) is 0.832. The van der Waals surface area contributed by atoms with Crippen molar-refractivity contribution in [2.45, 2.75) is 24.8 Å². The molecule has 22 heavy (non-hydrogen) atoms. The maximum atomic E-state index is 11.9. The zero-order valence-corrected chi connectivity index (χ0v) is 13.2. The van der Waals surface area contributed by atoms with E-state index in [1.54, 1.807) is 0 Å². The highest BCUT2D eigenvalue weighted by Gasteiger charge is 2.39. The number of nitrogens with zero attached hydrogens (tertiary/aromatic N) is 2. The van der Waals surface area contributed by atoms with Crippen molar-refractivity contribution in [3.05, 3.63) is 44.9 Å². The number of halogens is 1. The first-order valence-corrected chi connectivity index (χ1v) is 7.80. The Morgan fingerprint density at radius 1 is 1.32 bits per heavy atom. The Kier molecular flexibility index (Phi) is 2.95. The zero-order chi connectivity index (χ0) is 15.3. The number of hydrogen-bond donors (Lipinski definition) is 2. The quantitative estimate of drug-likeness (QED) is 0.731. The number of fused-ring (bicyclic) bond motifs is 1. The van der Waals surface area contributed by atoms with E-state index in [9.17, 15) is 4.79 Å². The summed E-state index contributed by atoms with van der Waals surface area (Å²) in [6, 6.07) is 7.07. The lowest BCUT2D eigenvalue weighted by Gasteiger charge is -2.34. The smallest absolute Gasteiger partial charge is 0.258 e. The number of nitrogens with two attached hydrogens (primary N) is 1. The normalized spacial score (nSPS) is 16.6. The number of aromatic nitrogens is 3. The number of hydrogen-bond acceptors (Lipinski definition) is 5. The van der Waals surface area contributed by atoms with Gasteiger partial charge in [0, 0.05) is 21.4 Å². The van der Waals surface area contributed by atoms with Crippen LogP contribution in [0.5, 0.6) is 0 Å². The summed E-state index contributed by atoms with van der Waals surface area (Å²) in [5.41, 5.74) is 6.85. The summed E-state index contributed by atoms with van der Waals surface area (Å²) < 4.78 is 6.27. The van der Waals surface area contributed by atoms with Crippen LogP contribution >= 0.6 is 15.9 Å². The van der Waals surface area contributed by atoms with Crippen molar-refractivity contribution in [3.8, 4) is 11.5 Å². The van der Waals surface area contributed by atoms with E-state index < -0.39 is 5.54 Å². The topological polar surface area (TPSA) is 97.8 Å². The fraction of sp³-hybridized carbons (Fsp3) is 0.267. The molecule has 0 atom stereocenters. The largest absolute Gasteiger partial charge is 0.334 e. The van der Waals surface area contributed by atoms with Crippen molar-refractivity contribution in [1.82, 2.24) is 15.1 Å². The second-order valence-electron chi connectivity index (χ2n) is 5.67. The monoisotopic (exact) mass is 360 g/mol. The van der Waals surface area contributed by atoms with Gasteiger partial charge in [-0.25, -0.2) is 0 Å². The Bertz CT molecular complexity index is 927. The van der Waals surface area contributed by atoms with Gasteiger partial charge in [0.05, 0.1) is 11.1 Å². The third-order valence-corrected chi connectivity index (χ3v) is 4.65. The molecule has 0 aliphatic heterocycles. The summed E-state index contributed by atoms with van der Waals surface area (Å²) in [4.78, 5) is 19.1. The molecule has 2 aromatic heterocycles. The minimum atomic E-state index is -0.487. The van der Waals surface area contributed by atoms with Gasteiger partial charge in [-0.2, -0.15) is 4.98 Å². The minimum Gasteiger partial charge on any atom is -0.334 e. The maximum Gasteiger partial charge on any atom is 0.258 e. The van der Waals surface area contributed by atoms with Crippen LogP contribution in [0.1, 0.15) is 25.1 Å². The standard InChI is InChI=1S/C15H13BrN4O2/c16-8-2-3-11-9(6-8)10(7-12(21)18-11)13-19-14(20-22-13)15(17)4-1-5-15/h2-3,6-7H,1,4-5,17H2,(H,18,21). The Morgan fingerprint density at radius 3 is 2.86 bits per heavy atom. The van der Waals surface area contributed by atoms with Crippen LogP contribution in [0.4, 0.5) is 0 Å². The number of pyridine rings is 1. The molecule has 1 fully saturated rings. The molecule has 1 aliphatic rings. The van der Waals surface area contributed by atoms with Crippen LogP contribution in [-0.4, -0.2) is 15.1 Å². The van der Waals surface area contributed by atoms with Crippen LogP contribution in [0.25, 0.3) is 22.4 Å². The fourth-order valence-corrected chi connectivity index (χ4v) is 3.08. The van der Waals surface area contributed by atoms with Crippen molar-refractivity contribution in [2.75, 3.05) is 0 Å². The Labute approximate surface area is 133 Å². The first-order chi connectivity index (χ1) is 10.5. The molecule has 0 bridgehead atoms. The lowest BCUT2D eigenvalue weighted by molar-refractivity contribution is 0.229. The van der Waals surface area contributed by atoms with Crippen molar-refractivity contribution >= 4 is 26.8 Å². The second kappa shape index (κ2) is 4.76. The maximum absolute atomic E-state index is 11.9. The predicted octanol–water partition coefficient (Wildman–Crippen LogP) is 2.68. The van der Waals surface area contributed by atoms with E-state index in [-0.39, 0.29) is 5.56 Å². The Hall–Kier alpha value is -1.99. The Morgan fingerprint density at radius 2 is 2.14 bits per heavy atom. The van der Waals surface area contributed by atoms with Crippen LogP contribution in [0, 0.1) is 0 Å². The van der Waals surface area contributed by atoms with Gasteiger partial charge < -0.3 is 15.2 Å². The molecule has 0 radical (unpaired) electrons. The van der Waals surface area contributed by atoms with Crippen molar-refractivity contribution in [3.63, 3.8) is 0 Å². The molecule has 0 spiro atoms. The van der Waals surface area contributed by atoms with Crippen LogP contribution in [0.15, 0.2) is 38.1 Å². The van der Waals surface area contributed by atoms with E-state index in [0.29, 0.717) is 17.3 Å². The first-order valence-electron chi connectivity index (χ1n) is 7.01. The highest BCUT2D eigenvalue weighted by Crippen LogP contribution is 2.38. The number of benzene rings is 1. The van der Waals surface area contributed by atoms with E-state index >= 15 is 0 Å².